The zero-order valence-corrected chi connectivity index (χ0v) is 15.7. The van der Waals surface area contributed by atoms with Gasteiger partial charge in [-0.05, 0) is 63.9 Å². The summed E-state index contributed by atoms with van der Waals surface area (Å²) in [6.45, 7) is 4.45. The number of benzene rings is 1. The van der Waals surface area contributed by atoms with E-state index in [4.69, 9.17) is 0 Å². The molecule has 1 saturated carbocycles. The van der Waals surface area contributed by atoms with Gasteiger partial charge in [0, 0.05) is 29.8 Å². The number of guanidine groups is 1. The summed E-state index contributed by atoms with van der Waals surface area (Å²) in [4.78, 5) is 8.18. The normalized spacial score (nSPS) is 21.5. The molecule has 1 heterocycles. The summed E-state index contributed by atoms with van der Waals surface area (Å²) in [5.74, 6) is 1.72. The van der Waals surface area contributed by atoms with Gasteiger partial charge in [-0.25, -0.2) is 0 Å². The second-order valence-corrected chi connectivity index (χ2v) is 8.69. The number of nitrogens with zero attached hydrogens (tertiary/aromatic N) is 2. The molecule has 0 atom stereocenters. The van der Waals surface area contributed by atoms with Gasteiger partial charge in [-0.1, -0.05) is 18.2 Å². The molecule has 1 saturated heterocycles. The molecule has 0 bridgehead atoms. The maximum absolute atomic E-state index is 4.40. The van der Waals surface area contributed by atoms with Crippen LogP contribution in [0, 0.1) is 5.92 Å². The molecule has 0 radical (unpaired) electrons. The Morgan fingerprint density at radius 1 is 1.21 bits per heavy atom. The SMILES string of the molecule is CN=C(NCC1CCN(C)CC1)NCC1(Sc2ccccc2)CC1. The van der Waals surface area contributed by atoms with Gasteiger partial charge in [0.2, 0.25) is 0 Å². The van der Waals surface area contributed by atoms with Crippen LogP contribution in [-0.2, 0) is 0 Å². The Hall–Kier alpha value is -1.20. The number of piperidine rings is 1. The minimum absolute atomic E-state index is 0.354. The van der Waals surface area contributed by atoms with Gasteiger partial charge in [-0.3, -0.25) is 4.99 Å². The number of rotatable bonds is 6. The van der Waals surface area contributed by atoms with Gasteiger partial charge in [0.15, 0.2) is 5.96 Å². The van der Waals surface area contributed by atoms with E-state index in [-0.39, 0.29) is 0 Å². The van der Waals surface area contributed by atoms with Gasteiger partial charge >= 0.3 is 0 Å². The van der Waals surface area contributed by atoms with Gasteiger partial charge in [0.1, 0.15) is 0 Å². The average molecular weight is 347 g/mol. The van der Waals surface area contributed by atoms with Crippen LogP contribution in [0.25, 0.3) is 0 Å². The average Bonchev–Trinajstić information content (AvgIpc) is 3.37. The van der Waals surface area contributed by atoms with Crippen molar-refractivity contribution in [2.45, 2.75) is 35.3 Å². The lowest BCUT2D eigenvalue weighted by Crippen LogP contribution is -2.44. The van der Waals surface area contributed by atoms with Crippen molar-refractivity contribution < 1.29 is 0 Å². The monoisotopic (exact) mass is 346 g/mol. The zero-order valence-electron chi connectivity index (χ0n) is 14.9. The summed E-state index contributed by atoms with van der Waals surface area (Å²) in [5.41, 5.74) is 0. The van der Waals surface area contributed by atoms with E-state index < -0.39 is 0 Å². The van der Waals surface area contributed by atoms with Gasteiger partial charge in [-0.15, -0.1) is 11.8 Å². The molecule has 2 N–H and O–H groups in total. The molecule has 1 aliphatic carbocycles. The highest BCUT2D eigenvalue weighted by atomic mass is 32.2. The Bertz CT molecular complexity index is 534. The maximum Gasteiger partial charge on any atom is 0.191 e. The number of thioether (sulfide) groups is 1. The lowest BCUT2D eigenvalue weighted by Gasteiger charge is -2.29. The Morgan fingerprint density at radius 3 is 2.54 bits per heavy atom. The van der Waals surface area contributed by atoms with Crippen LogP contribution in [0.3, 0.4) is 0 Å². The highest BCUT2D eigenvalue weighted by Crippen LogP contribution is 2.51. The van der Waals surface area contributed by atoms with E-state index >= 15 is 0 Å². The molecule has 5 heteroatoms. The Morgan fingerprint density at radius 2 is 1.92 bits per heavy atom. The first kappa shape index (κ1) is 17.6. The standard InChI is InChI=1S/C19H30N4S/c1-20-18(21-14-16-8-12-23(2)13-9-16)22-15-19(10-11-19)24-17-6-4-3-5-7-17/h3-7,16H,8-15H2,1-2H3,(H2,20,21,22). The molecule has 1 aliphatic heterocycles. The molecule has 132 valence electrons. The number of aliphatic imine (C=N–C) groups is 1. The van der Waals surface area contributed by atoms with Crippen LogP contribution in [0.2, 0.25) is 0 Å². The second-order valence-electron chi connectivity index (χ2n) is 7.15. The van der Waals surface area contributed by atoms with Gasteiger partial charge in [0.05, 0.1) is 0 Å². The summed E-state index contributed by atoms with van der Waals surface area (Å²) in [7, 11) is 4.08. The van der Waals surface area contributed by atoms with E-state index in [2.05, 4.69) is 57.9 Å². The highest BCUT2D eigenvalue weighted by molar-refractivity contribution is 8.01. The lowest BCUT2D eigenvalue weighted by atomic mass is 9.97. The van der Waals surface area contributed by atoms with Crippen molar-refractivity contribution in [2.75, 3.05) is 40.3 Å². The van der Waals surface area contributed by atoms with Crippen LogP contribution in [0.5, 0.6) is 0 Å². The van der Waals surface area contributed by atoms with E-state index in [0.29, 0.717) is 4.75 Å². The van der Waals surface area contributed by atoms with E-state index in [1.54, 1.807) is 0 Å². The molecular weight excluding hydrogens is 316 g/mol. The molecule has 24 heavy (non-hydrogen) atoms. The summed E-state index contributed by atoms with van der Waals surface area (Å²) < 4.78 is 0.354. The molecule has 1 aromatic rings. The minimum atomic E-state index is 0.354. The Labute approximate surface area is 150 Å². The van der Waals surface area contributed by atoms with Crippen molar-refractivity contribution in [3.8, 4) is 0 Å². The fraction of sp³-hybridized carbons (Fsp3) is 0.632. The first-order valence-electron chi connectivity index (χ1n) is 9.06. The Kier molecular flexibility index (Phi) is 6.06. The molecule has 0 spiro atoms. The molecule has 3 rings (SSSR count). The maximum atomic E-state index is 4.40. The van der Waals surface area contributed by atoms with Crippen molar-refractivity contribution in [1.29, 1.82) is 0 Å². The van der Waals surface area contributed by atoms with E-state index in [1.165, 1.54) is 43.7 Å². The Balaban J connectivity index is 1.41. The quantitative estimate of drug-likeness (QED) is 0.614. The van der Waals surface area contributed by atoms with Crippen LogP contribution in [0.1, 0.15) is 25.7 Å². The molecule has 0 aromatic heterocycles. The molecule has 2 aliphatic rings. The first-order valence-corrected chi connectivity index (χ1v) is 9.88. The zero-order chi connectivity index (χ0) is 16.8. The van der Waals surface area contributed by atoms with Crippen molar-refractivity contribution in [3.63, 3.8) is 0 Å². The van der Waals surface area contributed by atoms with Crippen molar-refractivity contribution in [1.82, 2.24) is 15.5 Å². The number of nitrogens with one attached hydrogen (secondary N) is 2. The predicted octanol–water partition coefficient (Wildman–Crippen LogP) is 2.82. The van der Waals surface area contributed by atoms with Crippen LogP contribution < -0.4 is 10.6 Å². The number of likely N-dealkylation sites (tertiary alicyclic amines) is 1. The largest absolute Gasteiger partial charge is 0.356 e. The van der Waals surface area contributed by atoms with E-state index in [0.717, 1.165) is 25.0 Å². The van der Waals surface area contributed by atoms with Gasteiger partial charge in [-0.2, -0.15) is 0 Å². The third-order valence-electron chi connectivity index (χ3n) is 5.08. The number of hydrogen-bond acceptors (Lipinski definition) is 3. The van der Waals surface area contributed by atoms with Crippen molar-refractivity contribution >= 4 is 17.7 Å². The molecule has 4 nitrogen and oxygen atoms in total. The minimum Gasteiger partial charge on any atom is -0.356 e. The topological polar surface area (TPSA) is 39.7 Å². The van der Waals surface area contributed by atoms with Crippen LogP contribution >= 0.6 is 11.8 Å². The fourth-order valence-corrected chi connectivity index (χ4v) is 4.41. The van der Waals surface area contributed by atoms with E-state index in [9.17, 15) is 0 Å². The first-order chi connectivity index (χ1) is 11.7. The molecule has 0 unspecified atom stereocenters. The van der Waals surface area contributed by atoms with Crippen molar-refractivity contribution in [2.24, 2.45) is 10.9 Å². The summed E-state index contributed by atoms with van der Waals surface area (Å²) in [5, 5.41) is 7.08. The highest BCUT2D eigenvalue weighted by Gasteiger charge is 2.43. The van der Waals surface area contributed by atoms with Crippen LogP contribution in [0.4, 0.5) is 0 Å². The third kappa shape index (κ3) is 5.15. The van der Waals surface area contributed by atoms with E-state index in [1.807, 2.05) is 18.8 Å². The van der Waals surface area contributed by atoms with Gasteiger partial charge in [0.25, 0.3) is 0 Å². The second kappa shape index (κ2) is 8.26. The number of hydrogen-bond donors (Lipinski definition) is 2. The molecule has 1 aromatic carbocycles. The molecule has 0 amide bonds. The fourth-order valence-electron chi connectivity index (χ4n) is 3.17. The predicted molar refractivity (Wildman–Crippen MR) is 104 cm³/mol. The van der Waals surface area contributed by atoms with Crippen LogP contribution in [-0.4, -0.2) is 55.9 Å². The van der Waals surface area contributed by atoms with Crippen LogP contribution in [0.15, 0.2) is 40.2 Å². The summed E-state index contributed by atoms with van der Waals surface area (Å²) in [6.07, 6.45) is 5.14. The summed E-state index contributed by atoms with van der Waals surface area (Å²) >= 11 is 2.01. The third-order valence-corrected chi connectivity index (χ3v) is 6.58. The molecule has 2 fully saturated rings. The smallest absolute Gasteiger partial charge is 0.191 e. The van der Waals surface area contributed by atoms with Gasteiger partial charge < -0.3 is 15.5 Å². The van der Waals surface area contributed by atoms with Crippen molar-refractivity contribution in [3.05, 3.63) is 30.3 Å². The summed E-state index contributed by atoms with van der Waals surface area (Å²) in [6, 6.07) is 10.7. The lowest BCUT2D eigenvalue weighted by molar-refractivity contribution is 0.220. The molecular formula is C19H30N4S.